The summed E-state index contributed by atoms with van der Waals surface area (Å²) in [6, 6.07) is 0.0947. The number of ether oxygens (including phenoxy) is 2. The topological polar surface area (TPSA) is 91.6 Å². The molecule has 0 radical (unpaired) electrons. The number of halogens is 5. The van der Waals surface area contributed by atoms with Gasteiger partial charge in [-0.3, -0.25) is 0 Å². The Hall–Kier alpha value is -2.53. The fraction of sp³-hybridized carbons (Fsp3) is 0.400. The van der Waals surface area contributed by atoms with Gasteiger partial charge in [0.1, 0.15) is 0 Å². The maximum absolute atomic E-state index is 12.6. The van der Waals surface area contributed by atoms with Crippen LogP contribution >= 0.6 is 0 Å². The zero-order chi connectivity index (χ0) is 17.1. The highest BCUT2D eigenvalue weighted by molar-refractivity contribution is 5.96. The predicted molar refractivity (Wildman–Crippen MR) is 58.5 cm³/mol. The van der Waals surface area contributed by atoms with Crippen molar-refractivity contribution in [3.63, 3.8) is 0 Å². The molecule has 7 nitrogen and oxygen atoms in total. The van der Waals surface area contributed by atoms with Gasteiger partial charge < -0.3 is 19.6 Å². The highest BCUT2D eigenvalue weighted by Gasteiger charge is 2.39. The molecule has 22 heavy (non-hydrogen) atoms. The van der Waals surface area contributed by atoms with Crippen LogP contribution in [-0.4, -0.2) is 28.8 Å². The summed E-state index contributed by atoms with van der Waals surface area (Å²) >= 11 is 0. The summed E-state index contributed by atoms with van der Waals surface area (Å²) in [4.78, 5) is 23.8. The van der Waals surface area contributed by atoms with Gasteiger partial charge >= 0.3 is 24.6 Å². The van der Waals surface area contributed by atoms with E-state index in [1.165, 1.54) is 6.92 Å². The van der Waals surface area contributed by atoms with Crippen LogP contribution < -0.4 is 4.74 Å². The summed E-state index contributed by atoms with van der Waals surface area (Å²) < 4.78 is 69.7. The number of aromatic nitrogens is 1. The molecule has 0 aromatic carbocycles. The second-order valence-corrected chi connectivity index (χ2v) is 3.57. The van der Waals surface area contributed by atoms with Crippen LogP contribution in [0.1, 0.15) is 29.4 Å². The SMILES string of the molecule is CCOC(=O)c1c(OC(F)(F)F)cc(C(F)F)nc1[N+](=O)[O-]. The number of alkyl halides is 5. The van der Waals surface area contributed by atoms with Crippen molar-refractivity contribution in [2.45, 2.75) is 19.7 Å². The fourth-order valence-electron chi connectivity index (χ4n) is 1.37. The van der Waals surface area contributed by atoms with Gasteiger partial charge in [-0.15, -0.1) is 13.2 Å². The summed E-state index contributed by atoms with van der Waals surface area (Å²) in [5.74, 6) is -4.56. The Balaban J connectivity index is 3.59. The average molecular weight is 330 g/mol. The molecule has 1 rings (SSSR count). The molecular formula is C10H7F5N2O5. The number of carbonyl (C=O) groups excluding carboxylic acids is 1. The quantitative estimate of drug-likeness (QED) is 0.357. The van der Waals surface area contributed by atoms with E-state index in [-0.39, 0.29) is 12.7 Å². The molecule has 0 N–H and O–H groups in total. The number of hydrogen-bond donors (Lipinski definition) is 0. The van der Waals surface area contributed by atoms with Crippen LogP contribution in [0.5, 0.6) is 5.75 Å². The Morgan fingerprint density at radius 3 is 2.45 bits per heavy atom. The molecule has 0 aliphatic carbocycles. The van der Waals surface area contributed by atoms with Crippen molar-refractivity contribution in [1.82, 2.24) is 4.98 Å². The molecule has 0 saturated heterocycles. The van der Waals surface area contributed by atoms with Crippen LogP contribution in [-0.2, 0) is 4.74 Å². The molecule has 0 fully saturated rings. The predicted octanol–water partition coefficient (Wildman–Crippen LogP) is 3.00. The molecule has 1 aromatic heterocycles. The van der Waals surface area contributed by atoms with Gasteiger partial charge in [0.15, 0.2) is 11.3 Å². The van der Waals surface area contributed by atoms with E-state index >= 15 is 0 Å². The lowest BCUT2D eigenvalue weighted by Crippen LogP contribution is -2.21. The van der Waals surface area contributed by atoms with E-state index in [4.69, 9.17) is 0 Å². The number of esters is 1. The van der Waals surface area contributed by atoms with E-state index in [2.05, 4.69) is 14.5 Å². The van der Waals surface area contributed by atoms with Crippen molar-refractivity contribution in [2.75, 3.05) is 6.61 Å². The Labute approximate surface area is 118 Å². The van der Waals surface area contributed by atoms with Crippen molar-refractivity contribution in [2.24, 2.45) is 0 Å². The molecule has 1 heterocycles. The maximum atomic E-state index is 12.6. The maximum Gasteiger partial charge on any atom is 0.573 e. The first-order chi connectivity index (χ1) is 10.1. The van der Waals surface area contributed by atoms with Crippen molar-refractivity contribution in [3.05, 3.63) is 27.4 Å². The smallest absolute Gasteiger partial charge is 0.462 e. The number of nitrogens with zero attached hydrogens (tertiary/aromatic N) is 2. The van der Waals surface area contributed by atoms with Crippen LogP contribution in [0.15, 0.2) is 6.07 Å². The number of rotatable bonds is 5. The normalized spacial score (nSPS) is 11.4. The zero-order valence-electron chi connectivity index (χ0n) is 10.7. The first-order valence-electron chi connectivity index (χ1n) is 5.47. The minimum absolute atomic E-state index is 0.0947. The summed E-state index contributed by atoms with van der Waals surface area (Å²) in [6.07, 6.45) is -8.78. The average Bonchev–Trinajstić information content (AvgIpc) is 2.35. The van der Waals surface area contributed by atoms with E-state index < -0.39 is 46.5 Å². The lowest BCUT2D eigenvalue weighted by Gasteiger charge is -2.13. The van der Waals surface area contributed by atoms with E-state index in [0.29, 0.717) is 0 Å². The molecule has 0 unspecified atom stereocenters. The van der Waals surface area contributed by atoms with Crippen LogP contribution in [0.4, 0.5) is 27.8 Å². The van der Waals surface area contributed by atoms with Gasteiger partial charge in [-0.2, -0.15) is 0 Å². The Kier molecular flexibility index (Phi) is 5.17. The van der Waals surface area contributed by atoms with Crippen molar-refractivity contribution in [3.8, 4) is 5.75 Å². The highest BCUT2D eigenvalue weighted by atomic mass is 19.4. The Bertz CT molecular complexity index is 590. The van der Waals surface area contributed by atoms with Crippen LogP contribution in [0.3, 0.4) is 0 Å². The second-order valence-electron chi connectivity index (χ2n) is 3.57. The highest BCUT2D eigenvalue weighted by Crippen LogP contribution is 2.35. The summed E-state index contributed by atoms with van der Waals surface area (Å²) in [6.45, 7) is 0.965. The molecule has 0 saturated carbocycles. The lowest BCUT2D eigenvalue weighted by molar-refractivity contribution is -0.390. The first kappa shape index (κ1) is 17.5. The lowest BCUT2D eigenvalue weighted by atomic mass is 10.2. The third-order valence-electron chi connectivity index (χ3n) is 2.09. The molecule has 0 spiro atoms. The molecular weight excluding hydrogens is 323 g/mol. The monoisotopic (exact) mass is 330 g/mol. The van der Waals surface area contributed by atoms with Gasteiger partial charge in [0, 0.05) is 6.07 Å². The number of nitro groups is 1. The third-order valence-corrected chi connectivity index (χ3v) is 2.09. The van der Waals surface area contributed by atoms with Gasteiger partial charge in [-0.25, -0.2) is 13.6 Å². The fourth-order valence-corrected chi connectivity index (χ4v) is 1.37. The summed E-state index contributed by atoms with van der Waals surface area (Å²) in [5, 5.41) is 10.8. The Morgan fingerprint density at radius 2 is 2.05 bits per heavy atom. The van der Waals surface area contributed by atoms with Crippen LogP contribution in [0.2, 0.25) is 0 Å². The molecule has 0 amide bonds. The van der Waals surface area contributed by atoms with Gasteiger partial charge in [0.05, 0.1) is 6.61 Å². The minimum Gasteiger partial charge on any atom is -0.462 e. The standard InChI is InChI=1S/C10H7F5N2O5/c1-2-21-9(18)6-5(22-10(13,14)15)3-4(7(11)12)16-8(6)17(19)20/h3,7H,2H2,1H3. The van der Waals surface area contributed by atoms with E-state index in [1.807, 2.05) is 0 Å². The van der Waals surface area contributed by atoms with Crippen molar-refractivity contribution >= 4 is 11.8 Å². The summed E-state index contributed by atoms with van der Waals surface area (Å²) in [7, 11) is 0. The second kappa shape index (κ2) is 6.49. The summed E-state index contributed by atoms with van der Waals surface area (Å²) in [5.41, 5.74) is -2.65. The van der Waals surface area contributed by atoms with E-state index in [9.17, 15) is 36.9 Å². The van der Waals surface area contributed by atoms with Gasteiger partial charge in [-0.1, -0.05) is 0 Å². The molecule has 0 aliphatic rings. The largest absolute Gasteiger partial charge is 0.573 e. The zero-order valence-corrected chi connectivity index (χ0v) is 10.7. The molecule has 0 atom stereocenters. The molecule has 12 heteroatoms. The minimum atomic E-state index is -5.37. The number of carbonyl (C=O) groups is 1. The molecule has 1 aromatic rings. The van der Waals surface area contributed by atoms with Crippen molar-refractivity contribution in [1.29, 1.82) is 0 Å². The van der Waals surface area contributed by atoms with Crippen LogP contribution in [0.25, 0.3) is 0 Å². The Morgan fingerprint density at radius 1 is 1.45 bits per heavy atom. The number of hydrogen-bond acceptors (Lipinski definition) is 6. The van der Waals surface area contributed by atoms with Gasteiger partial charge in [0.2, 0.25) is 5.69 Å². The molecule has 0 bridgehead atoms. The van der Waals surface area contributed by atoms with Crippen LogP contribution in [0, 0.1) is 10.1 Å². The molecule has 0 aliphatic heterocycles. The van der Waals surface area contributed by atoms with Crippen molar-refractivity contribution < 1.29 is 41.1 Å². The molecule has 122 valence electrons. The number of pyridine rings is 1. The third kappa shape index (κ3) is 4.23. The van der Waals surface area contributed by atoms with Gasteiger partial charge in [-0.05, 0) is 16.8 Å². The van der Waals surface area contributed by atoms with E-state index in [1.54, 1.807) is 0 Å². The van der Waals surface area contributed by atoms with Gasteiger partial charge in [0.25, 0.3) is 0 Å². The first-order valence-corrected chi connectivity index (χ1v) is 5.47. The van der Waals surface area contributed by atoms with E-state index in [0.717, 1.165) is 0 Å².